The maximum atomic E-state index is 14.5. The lowest BCUT2D eigenvalue weighted by molar-refractivity contribution is -0.205. The molecule has 49 heavy (non-hydrogen) atoms. The Morgan fingerprint density at radius 2 is 1.71 bits per heavy atom. The highest BCUT2D eigenvalue weighted by molar-refractivity contribution is 6.32. The van der Waals surface area contributed by atoms with Crippen LogP contribution in [0.2, 0.25) is 0 Å². The third kappa shape index (κ3) is 5.36. The molecule has 0 bridgehead atoms. The van der Waals surface area contributed by atoms with Gasteiger partial charge in [0.2, 0.25) is 5.78 Å². The van der Waals surface area contributed by atoms with Crippen molar-refractivity contribution in [1.29, 1.82) is 0 Å². The number of fused-ring (bicyclic) bond motifs is 3. The van der Waals surface area contributed by atoms with Crippen LogP contribution in [0.5, 0.6) is 11.5 Å². The molecule has 3 aliphatic carbocycles. The number of Topliss-reactive ketones (excluding diaryl/α,β-unsaturated/α-hetero) is 6. The molecule has 11 heteroatoms. The molecule has 2 saturated carbocycles. The molecule has 3 unspecified atom stereocenters. The van der Waals surface area contributed by atoms with Crippen LogP contribution in [0.3, 0.4) is 0 Å². The summed E-state index contributed by atoms with van der Waals surface area (Å²) in [4.78, 5) is 81.2. The summed E-state index contributed by atoms with van der Waals surface area (Å²) >= 11 is 0. The maximum Gasteiger partial charge on any atom is 0.302 e. The number of carbonyl (C=O) groups is 6. The van der Waals surface area contributed by atoms with Gasteiger partial charge in [0, 0.05) is 24.7 Å². The Balaban J connectivity index is 1.66. The van der Waals surface area contributed by atoms with Crippen LogP contribution in [0.25, 0.3) is 11.1 Å². The lowest BCUT2D eigenvalue weighted by atomic mass is 9.40. The quantitative estimate of drug-likeness (QED) is 0.336. The second kappa shape index (κ2) is 12.0. The van der Waals surface area contributed by atoms with E-state index >= 15 is 0 Å². The summed E-state index contributed by atoms with van der Waals surface area (Å²) in [6.45, 7) is 10.3. The Morgan fingerprint density at radius 1 is 1.06 bits per heavy atom. The SMILES string of the molecule is CCOc1ccc(-c2ccc(O)c3c2C[C@]2(C)C[C@]4(C)C(C(C)C)C(=O)C(C(C)=O)C(=O)[C@]4(O)C(=O)C2C3=O)cc1CCC(=O)C(C)(F)F. The van der Waals surface area contributed by atoms with E-state index in [1.165, 1.54) is 13.0 Å². The van der Waals surface area contributed by atoms with Crippen LogP contribution in [0.1, 0.15) is 82.8 Å². The number of phenolic OH excluding ortho intramolecular Hbond substituents is 1. The number of aliphatic hydroxyl groups is 1. The van der Waals surface area contributed by atoms with Gasteiger partial charge in [-0.15, -0.1) is 0 Å². The maximum absolute atomic E-state index is 14.5. The van der Waals surface area contributed by atoms with E-state index in [9.17, 15) is 47.8 Å². The van der Waals surface area contributed by atoms with Gasteiger partial charge < -0.3 is 14.9 Å². The van der Waals surface area contributed by atoms with E-state index in [2.05, 4.69) is 0 Å². The number of hydrogen-bond donors (Lipinski definition) is 2. The summed E-state index contributed by atoms with van der Waals surface area (Å²) in [5, 5.41) is 23.2. The van der Waals surface area contributed by atoms with Crippen molar-refractivity contribution < 1.29 is 52.5 Å². The largest absolute Gasteiger partial charge is 0.507 e. The first-order valence-electron chi connectivity index (χ1n) is 16.6. The van der Waals surface area contributed by atoms with Crippen LogP contribution in [0.4, 0.5) is 8.78 Å². The molecule has 0 heterocycles. The highest BCUT2D eigenvalue weighted by Gasteiger charge is 2.76. The summed E-state index contributed by atoms with van der Waals surface area (Å²) in [6.07, 6.45) is -0.552. The number of carbonyl (C=O) groups excluding carboxylic acids is 6. The number of halogens is 2. The number of aryl methyl sites for hydroxylation is 1. The molecule has 2 aromatic carbocycles. The van der Waals surface area contributed by atoms with Crippen molar-refractivity contribution in [2.45, 2.75) is 85.7 Å². The molecule has 2 fully saturated rings. The van der Waals surface area contributed by atoms with Gasteiger partial charge in [-0.2, -0.15) is 8.78 Å². The summed E-state index contributed by atoms with van der Waals surface area (Å²) < 4.78 is 33.0. The minimum absolute atomic E-state index is 0.0340. The predicted octanol–water partition coefficient (Wildman–Crippen LogP) is 5.32. The van der Waals surface area contributed by atoms with Gasteiger partial charge in [-0.3, -0.25) is 28.8 Å². The summed E-state index contributed by atoms with van der Waals surface area (Å²) in [7, 11) is 0. The van der Waals surface area contributed by atoms with Gasteiger partial charge in [0.1, 0.15) is 23.2 Å². The summed E-state index contributed by atoms with van der Waals surface area (Å²) in [6, 6.07) is 7.92. The normalized spacial score (nSPS) is 29.7. The van der Waals surface area contributed by atoms with Crippen molar-refractivity contribution >= 4 is 34.7 Å². The third-order valence-electron chi connectivity index (χ3n) is 11.0. The summed E-state index contributed by atoms with van der Waals surface area (Å²) in [5.74, 6) is -14.2. The van der Waals surface area contributed by atoms with Crippen molar-refractivity contribution in [3.8, 4) is 22.6 Å². The molecule has 5 rings (SSSR count). The lowest BCUT2D eigenvalue weighted by Crippen LogP contribution is -2.76. The molecule has 0 radical (unpaired) electrons. The van der Waals surface area contributed by atoms with Crippen LogP contribution >= 0.6 is 0 Å². The monoisotopic (exact) mass is 680 g/mol. The van der Waals surface area contributed by atoms with E-state index < -0.39 is 92.9 Å². The minimum Gasteiger partial charge on any atom is -0.507 e. The Bertz CT molecular complexity index is 1810. The molecule has 9 nitrogen and oxygen atoms in total. The third-order valence-corrected chi connectivity index (χ3v) is 11.0. The van der Waals surface area contributed by atoms with Crippen LogP contribution < -0.4 is 4.74 Å². The van der Waals surface area contributed by atoms with Crippen LogP contribution in [0, 0.1) is 34.5 Å². The lowest BCUT2D eigenvalue weighted by Gasteiger charge is -2.61. The predicted molar refractivity (Wildman–Crippen MR) is 173 cm³/mol. The van der Waals surface area contributed by atoms with Crippen LogP contribution in [0.15, 0.2) is 30.3 Å². The van der Waals surface area contributed by atoms with Gasteiger partial charge in [-0.1, -0.05) is 39.8 Å². The van der Waals surface area contributed by atoms with E-state index in [0.29, 0.717) is 34.9 Å². The fraction of sp³-hybridized carbons (Fsp3) is 0.526. The Kier molecular flexibility index (Phi) is 8.88. The summed E-state index contributed by atoms with van der Waals surface area (Å²) in [5.41, 5.74) is -3.91. The molecule has 3 aliphatic rings. The molecule has 2 aromatic rings. The zero-order valence-corrected chi connectivity index (χ0v) is 28.7. The number of phenols is 1. The molecule has 0 aliphatic heterocycles. The Labute approximate surface area is 283 Å². The Morgan fingerprint density at radius 3 is 2.29 bits per heavy atom. The molecular weight excluding hydrogens is 638 g/mol. The van der Waals surface area contributed by atoms with Crippen molar-refractivity contribution in [3.05, 3.63) is 47.0 Å². The van der Waals surface area contributed by atoms with Crippen LogP contribution in [-0.4, -0.2) is 63.0 Å². The molecule has 0 aromatic heterocycles. The number of alkyl halides is 2. The molecule has 0 spiro atoms. The van der Waals surface area contributed by atoms with Crippen molar-refractivity contribution in [2.24, 2.45) is 34.5 Å². The van der Waals surface area contributed by atoms with Gasteiger partial charge in [0.05, 0.1) is 18.1 Å². The smallest absolute Gasteiger partial charge is 0.302 e. The number of aromatic hydroxyl groups is 1. The zero-order valence-electron chi connectivity index (χ0n) is 28.7. The fourth-order valence-corrected chi connectivity index (χ4v) is 9.11. The van der Waals surface area contributed by atoms with E-state index in [1.54, 1.807) is 52.0 Å². The average molecular weight is 681 g/mol. The zero-order chi connectivity index (χ0) is 36.6. The average Bonchev–Trinajstić information content (AvgIpc) is 2.97. The van der Waals surface area contributed by atoms with Crippen LogP contribution in [-0.2, 0) is 36.8 Å². The van der Waals surface area contributed by atoms with Crippen molar-refractivity contribution in [3.63, 3.8) is 0 Å². The highest BCUT2D eigenvalue weighted by atomic mass is 19.3. The van der Waals surface area contributed by atoms with Gasteiger partial charge in [0.25, 0.3) is 0 Å². The highest BCUT2D eigenvalue weighted by Crippen LogP contribution is 2.64. The van der Waals surface area contributed by atoms with Gasteiger partial charge in [0.15, 0.2) is 28.7 Å². The first kappa shape index (κ1) is 36.2. The van der Waals surface area contributed by atoms with E-state index in [0.717, 1.165) is 6.92 Å². The fourth-order valence-electron chi connectivity index (χ4n) is 9.11. The second-order valence-electron chi connectivity index (χ2n) is 14.9. The molecule has 2 N–H and O–H groups in total. The number of rotatable bonds is 9. The van der Waals surface area contributed by atoms with E-state index in [-0.39, 0.29) is 31.4 Å². The first-order valence-corrected chi connectivity index (χ1v) is 16.6. The topological polar surface area (TPSA) is 152 Å². The first-order chi connectivity index (χ1) is 22.7. The number of ketones is 6. The van der Waals surface area contributed by atoms with Gasteiger partial charge in [-0.05, 0) is 84.9 Å². The molecule has 0 saturated heterocycles. The molecular formula is C38H42F2O9. The number of hydrogen-bond acceptors (Lipinski definition) is 9. The molecule has 6 atom stereocenters. The standard InChI is InChI=1S/C38H42F2O9/c1-8-49-25-13-9-20(15-21(25)10-14-26(43)37(7,39)40)22-11-12-24(42)28-23(22)16-35(5)17-36(6)29(18(2)3)31(44)27(19(4)41)33(46)38(36,48)34(47)30(35)32(28)45/h9,11-13,15,18,27,29-30,42,48H,8,10,14,16-17H2,1-7H3/t27?,29?,30?,35-,36-,38+/m1/s1. The number of benzene rings is 2. The van der Waals surface area contributed by atoms with Gasteiger partial charge >= 0.3 is 5.92 Å². The van der Waals surface area contributed by atoms with Crippen molar-refractivity contribution in [1.82, 2.24) is 0 Å². The number of ether oxygens (including phenoxy) is 1. The van der Waals surface area contributed by atoms with E-state index in [1.807, 2.05) is 0 Å². The minimum atomic E-state index is -3.50. The Hall–Kier alpha value is -4.12. The molecule has 262 valence electrons. The van der Waals surface area contributed by atoms with Crippen molar-refractivity contribution in [2.75, 3.05) is 6.61 Å². The molecule has 0 amide bonds. The second-order valence-corrected chi connectivity index (χ2v) is 14.9. The van der Waals surface area contributed by atoms with Gasteiger partial charge in [-0.25, -0.2) is 0 Å². The van der Waals surface area contributed by atoms with E-state index in [4.69, 9.17) is 4.74 Å².